The van der Waals surface area contributed by atoms with Crippen LogP contribution in [0.2, 0.25) is 0 Å². The van der Waals surface area contributed by atoms with Crippen molar-refractivity contribution < 1.29 is 43.3 Å². The van der Waals surface area contributed by atoms with Gasteiger partial charge in [0.05, 0.1) is 16.8 Å². The lowest BCUT2D eigenvalue weighted by Crippen LogP contribution is -2.28. The van der Waals surface area contributed by atoms with Crippen LogP contribution in [0.15, 0.2) is 78.9 Å². The number of amides is 2. The maximum Gasteiger partial charge on any atom is 0.328 e. The molecule has 0 aliphatic carbocycles. The molecule has 43 heavy (non-hydrogen) atoms. The molecule has 226 valence electrons. The average molecular weight is 594 g/mol. The Balaban J connectivity index is 0.000000637. The van der Waals surface area contributed by atoms with Gasteiger partial charge in [0.1, 0.15) is 17.2 Å². The molecular formula is C31H34N4O8. The van der Waals surface area contributed by atoms with Crippen molar-refractivity contribution in [2.24, 2.45) is 0 Å². The summed E-state index contributed by atoms with van der Waals surface area (Å²) in [7, 11) is -0.483. The van der Waals surface area contributed by atoms with Gasteiger partial charge in [-0.05, 0) is 80.7 Å². The predicted octanol–water partition coefficient (Wildman–Crippen LogP) is 3.76. The van der Waals surface area contributed by atoms with Crippen LogP contribution in [0.1, 0.15) is 31.2 Å². The highest BCUT2D eigenvalue weighted by Gasteiger charge is 2.17. The van der Waals surface area contributed by atoms with Gasteiger partial charge in [0, 0.05) is 48.6 Å². The third-order valence-corrected chi connectivity index (χ3v) is 6.35. The van der Waals surface area contributed by atoms with Gasteiger partial charge >= 0.3 is 11.9 Å². The lowest BCUT2D eigenvalue weighted by atomic mass is 10.1. The zero-order valence-corrected chi connectivity index (χ0v) is 23.3. The van der Waals surface area contributed by atoms with Crippen LogP contribution in [-0.4, -0.2) is 84.2 Å². The number of methoxy groups -OCH3 is 1. The minimum absolute atomic E-state index is 0.0628. The zero-order valence-electron chi connectivity index (χ0n) is 26.3. The number of benzene rings is 3. The fourth-order valence-corrected chi connectivity index (χ4v) is 4.10. The molecule has 4 rings (SSSR count). The molecule has 1 saturated heterocycles. The summed E-state index contributed by atoms with van der Waals surface area (Å²) in [6, 6.07) is 17.4. The Bertz CT molecular complexity index is 1550. The summed E-state index contributed by atoms with van der Waals surface area (Å²) >= 11 is 0. The number of hydrogen-bond donors (Lipinski definition) is 5. The number of hydrogen-bond acceptors (Lipinski definition) is 8. The summed E-state index contributed by atoms with van der Waals surface area (Å²) in [5.41, 5.74) is 1.96. The summed E-state index contributed by atoms with van der Waals surface area (Å²) in [6.07, 6.45) is 2.19. The molecule has 12 heteroatoms. The molecule has 5 N–H and O–H groups in total. The number of nitrogens with zero attached hydrogens (tertiary/aromatic N) is 2. The largest absolute Gasteiger partial charge is 0.506 e. The van der Waals surface area contributed by atoms with E-state index in [0.717, 1.165) is 38.3 Å². The number of phenolic OH excluding ortho intramolecular Hbond substituents is 1. The number of nitrogens with one attached hydrogen (secondary N) is 2. The van der Waals surface area contributed by atoms with Crippen LogP contribution in [0.25, 0.3) is 0 Å². The van der Waals surface area contributed by atoms with Gasteiger partial charge in [-0.15, -0.1) is 0 Å². The zero-order chi connectivity index (χ0) is 33.9. The second-order valence-corrected chi connectivity index (χ2v) is 9.43. The van der Waals surface area contributed by atoms with E-state index in [1.165, 1.54) is 30.3 Å². The van der Waals surface area contributed by atoms with Crippen LogP contribution in [-0.2, 0) is 9.59 Å². The van der Waals surface area contributed by atoms with E-state index in [9.17, 15) is 24.3 Å². The molecule has 3 aromatic carbocycles. The Morgan fingerprint density at radius 1 is 0.814 bits per heavy atom. The number of ether oxygens (including phenoxy) is 1. The monoisotopic (exact) mass is 593 g/mol. The van der Waals surface area contributed by atoms with Crippen molar-refractivity contribution in [1.82, 2.24) is 4.90 Å². The molecule has 0 aromatic heterocycles. The first-order chi connectivity index (χ1) is 21.7. The number of carboxylic acid groups (broad SMARTS) is 2. The first kappa shape index (κ1) is 27.8. The predicted molar refractivity (Wildman–Crippen MR) is 162 cm³/mol. The highest BCUT2D eigenvalue weighted by molar-refractivity contribution is 6.11. The number of carbonyl (C=O) groups excluding carboxylic acids is 2. The fourth-order valence-electron chi connectivity index (χ4n) is 4.10. The quantitative estimate of drug-likeness (QED) is 0.192. The van der Waals surface area contributed by atoms with Gasteiger partial charge < -0.3 is 40.5 Å². The van der Waals surface area contributed by atoms with E-state index in [0.29, 0.717) is 17.7 Å². The van der Waals surface area contributed by atoms with E-state index in [1.807, 2.05) is 12.1 Å². The van der Waals surface area contributed by atoms with E-state index in [-0.39, 0.29) is 28.4 Å². The van der Waals surface area contributed by atoms with Crippen molar-refractivity contribution in [2.75, 3.05) is 55.8 Å². The molecule has 1 aliphatic rings. The number of aliphatic carboxylic acids is 2. The number of phenols is 1. The normalized spacial score (nSPS) is 14.6. The first-order valence-electron chi connectivity index (χ1n) is 14.6. The highest BCUT2D eigenvalue weighted by Crippen LogP contribution is 2.32. The van der Waals surface area contributed by atoms with Crippen molar-refractivity contribution >= 4 is 40.8 Å². The summed E-state index contributed by atoms with van der Waals surface area (Å²) in [5.74, 6) is -3.57. The fraction of sp³-hybridized carbons (Fsp3) is 0.226. The van der Waals surface area contributed by atoms with Gasteiger partial charge in [-0.25, -0.2) is 9.59 Å². The Morgan fingerprint density at radius 3 is 2.02 bits per heavy atom. The summed E-state index contributed by atoms with van der Waals surface area (Å²) < 4.78 is 26.3. The minimum Gasteiger partial charge on any atom is -0.506 e. The molecular weight excluding hydrogens is 556 g/mol. The molecule has 1 heterocycles. The van der Waals surface area contributed by atoms with Crippen LogP contribution >= 0.6 is 0 Å². The van der Waals surface area contributed by atoms with E-state index < -0.39 is 30.8 Å². The molecule has 3 aromatic rings. The molecule has 2 amide bonds. The van der Waals surface area contributed by atoms with Crippen molar-refractivity contribution in [1.29, 1.82) is 0 Å². The third-order valence-electron chi connectivity index (χ3n) is 6.35. The van der Waals surface area contributed by atoms with E-state index in [1.54, 1.807) is 24.3 Å². The minimum atomic E-state index is -2.59. The molecule has 1 aliphatic heterocycles. The smallest absolute Gasteiger partial charge is 0.328 e. The number of carboxylic acids is 2. The van der Waals surface area contributed by atoms with Crippen LogP contribution in [0.4, 0.5) is 17.1 Å². The van der Waals surface area contributed by atoms with Gasteiger partial charge in [-0.1, -0.05) is 6.07 Å². The van der Waals surface area contributed by atoms with Crippen LogP contribution in [0.3, 0.4) is 0 Å². The number of likely N-dealkylation sites (N-methyl/N-ethyl adjacent to an activating group) is 1. The Kier molecular flexibility index (Phi) is 10.1. The van der Waals surface area contributed by atoms with E-state index in [2.05, 4.69) is 27.5 Å². The van der Waals surface area contributed by atoms with E-state index in [4.69, 9.17) is 19.1 Å². The van der Waals surface area contributed by atoms with Crippen molar-refractivity contribution in [3.63, 3.8) is 0 Å². The molecule has 0 atom stereocenters. The Labute approximate surface area is 253 Å². The lowest BCUT2D eigenvalue weighted by molar-refractivity contribution is -0.134. The van der Waals surface area contributed by atoms with E-state index >= 15 is 0 Å². The van der Waals surface area contributed by atoms with Crippen LogP contribution < -0.4 is 20.3 Å². The SMILES string of the molecule is O=C(O)/C=C/C(=O)O.[2H]C([2H])([2H])Oc1ccc(C(=O)Nc2cccc(O)c2NC(=O)c2ccc(N3CCCN(C)CC3)cc2)cc1. The second kappa shape index (κ2) is 15.6. The van der Waals surface area contributed by atoms with Crippen molar-refractivity contribution in [2.45, 2.75) is 6.42 Å². The first-order valence-corrected chi connectivity index (χ1v) is 13.1. The number of anilines is 3. The standard InChI is InChI=1S/C27H30N4O4.C4H4O4/c1-30-15-4-16-31(18-17-30)21-11-7-19(8-12-21)27(34)29-25-23(5-3-6-24(25)32)28-26(33)20-9-13-22(35-2)14-10-20;5-3(6)1-2-4(7)8/h3,5-14,32H,4,15-18H2,1-2H3,(H,28,33)(H,29,34);1-2H,(H,5,6)(H,7,8)/b;2-1+/i2D3;. The van der Waals surface area contributed by atoms with Gasteiger partial charge in [0.2, 0.25) is 0 Å². The van der Waals surface area contributed by atoms with Gasteiger partial charge in [-0.2, -0.15) is 0 Å². The molecule has 12 nitrogen and oxygen atoms in total. The molecule has 0 spiro atoms. The molecule has 1 fully saturated rings. The Morgan fingerprint density at radius 2 is 1.42 bits per heavy atom. The molecule has 0 bridgehead atoms. The second-order valence-electron chi connectivity index (χ2n) is 9.43. The molecule has 0 radical (unpaired) electrons. The van der Waals surface area contributed by atoms with Gasteiger partial charge in [-0.3, -0.25) is 9.59 Å². The third kappa shape index (κ3) is 9.90. The average Bonchev–Trinajstić information content (AvgIpc) is 3.22. The summed E-state index contributed by atoms with van der Waals surface area (Å²) in [4.78, 5) is 49.5. The number of rotatable bonds is 8. The van der Waals surface area contributed by atoms with Crippen LogP contribution in [0.5, 0.6) is 11.5 Å². The number of para-hydroxylation sites is 1. The topological polar surface area (TPSA) is 169 Å². The highest BCUT2D eigenvalue weighted by atomic mass is 16.5. The molecule has 0 saturated carbocycles. The van der Waals surface area contributed by atoms with Gasteiger partial charge in [0.15, 0.2) is 0 Å². The lowest BCUT2D eigenvalue weighted by Gasteiger charge is -2.23. The van der Waals surface area contributed by atoms with Crippen molar-refractivity contribution in [3.05, 3.63) is 90.0 Å². The van der Waals surface area contributed by atoms with Gasteiger partial charge in [0.25, 0.3) is 11.8 Å². The number of aromatic hydroxyl groups is 1. The molecule has 0 unspecified atom stereocenters. The summed E-state index contributed by atoms with van der Waals surface area (Å²) in [6.45, 7) is 3.90. The Hall–Kier alpha value is -5.36. The maximum absolute atomic E-state index is 13.0. The van der Waals surface area contributed by atoms with Crippen molar-refractivity contribution in [3.8, 4) is 11.5 Å². The maximum atomic E-state index is 13.0. The van der Waals surface area contributed by atoms with Crippen LogP contribution in [0, 0.1) is 0 Å². The number of carbonyl (C=O) groups is 4. The summed E-state index contributed by atoms with van der Waals surface area (Å²) in [5, 5.41) is 31.4.